The number of hydrogen-bond donors (Lipinski definition) is 0. The summed E-state index contributed by atoms with van der Waals surface area (Å²) >= 11 is 0. The molecular weight excluding hydrogens is 318 g/mol. The van der Waals surface area contributed by atoms with Crippen LogP contribution in [0.5, 0.6) is 11.5 Å². The molecule has 0 unspecified atom stereocenters. The number of aromatic nitrogens is 1. The van der Waals surface area contributed by atoms with Crippen molar-refractivity contribution in [1.29, 1.82) is 0 Å². The summed E-state index contributed by atoms with van der Waals surface area (Å²) in [6.07, 6.45) is 3.84. The molecule has 1 fully saturated rings. The zero-order chi connectivity index (χ0) is 17.5. The van der Waals surface area contributed by atoms with Gasteiger partial charge in [0.05, 0.1) is 7.11 Å². The molecule has 1 aliphatic rings. The lowest BCUT2D eigenvalue weighted by Gasteiger charge is -2.34. The van der Waals surface area contributed by atoms with Gasteiger partial charge in [-0.25, -0.2) is 0 Å². The summed E-state index contributed by atoms with van der Waals surface area (Å²) in [4.78, 5) is 16.6. The molecule has 0 atom stereocenters. The number of carbonyl (C=O) groups excluding carboxylic acids is 1. The second kappa shape index (κ2) is 8.58. The minimum absolute atomic E-state index is 0.184. The van der Waals surface area contributed by atoms with Gasteiger partial charge in [-0.1, -0.05) is 6.07 Å². The first-order valence-electron chi connectivity index (χ1n) is 8.62. The van der Waals surface area contributed by atoms with Crippen molar-refractivity contribution < 1.29 is 14.3 Å². The Labute approximate surface area is 148 Å². The van der Waals surface area contributed by atoms with Gasteiger partial charge < -0.3 is 18.9 Å². The molecule has 0 saturated carbocycles. The summed E-state index contributed by atoms with van der Waals surface area (Å²) in [5.74, 6) is 1.80. The number of hydrogen-bond acceptors (Lipinski definition) is 4. The van der Waals surface area contributed by atoms with E-state index in [2.05, 4.69) is 4.90 Å². The number of methoxy groups -OCH3 is 1. The van der Waals surface area contributed by atoms with Crippen LogP contribution in [0.2, 0.25) is 0 Å². The van der Waals surface area contributed by atoms with E-state index in [1.54, 1.807) is 7.11 Å². The molecule has 0 bridgehead atoms. The number of piperazine rings is 1. The molecule has 1 aromatic carbocycles. The summed E-state index contributed by atoms with van der Waals surface area (Å²) in [6, 6.07) is 11.5. The van der Waals surface area contributed by atoms with Gasteiger partial charge in [0.15, 0.2) is 0 Å². The third kappa shape index (κ3) is 5.00. The highest BCUT2D eigenvalue weighted by atomic mass is 16.5. The predicted octanol–water partition coefficient (Wildman–Crippen LogP) is 1.72. The van der Waals surface area contributed by atoms with Crippen molar-refractivity contribution in [1.82, 2.24) is 14.4 Å². The minimum atomic E-state index is 0.184. The van der Waals surface area contributed by atoms with Crippen molar-refractivity contribution in [2.45, 2.75) is 6.54 Å². The Kier molecular flexibility index (Phi) is 5.95. The van der Waals surface area contributed by atoms with Crippen LogP contribution in [0.25, 0.3) is 0 Å². The number of benzene rings is 1. The van der Waals surface area contributed by atoms with Crippen LogP contribution in [0.1, 0.15) is 0 Å². The maximum Gasteiger partial charge on any atom is 0.242 e. The Morgan fingerprint density at radius 1 is 1.04 bits per heavy atom. The fraction of sp³-hybridized carbons (Fsp3) is 0.421. The highest BCUT2D eigenvalue weighted by Crippen LogP contribution is 2.18. The summed E-state index contributed by atoms with van der Waals surface area (Å²) in [6.45, 7) is 5.24. The lowest BCUT2D eigenvalue weighted by molar-refractivity contribution is -0.133. The molecule has 134 valence electrons. The van der Waals surface area contributed by atoms with Gasteiger partial charge in [-0.15, -0.1) is 0 Å². The first-order valence-corrected chi connectivity index (χ1v) is 8.62. The van der Waals surface area contributed by atoms with Crippen LogP contribution in [0.3, 0.4) is 0 Å². The molecule has 3 rings (SSSR count). The van der Waals surface area contributed by atoms with Crippen LogP contribution in [-0.2, 0) is 11.3 Å². The number of amides is 1. The Balaban J connectivity index is 1.37. The van der Waals surface area contributed by atoms with Gasteiger partial charge in [0.25, 0.3) is 0 Å². The number of carbonyl (C=O) groups is 1. The molecular formula is C19H25N3O3. The van der Waals surface area contributed by atoms with Gasteiger partial charge in [-0.2, -0.15) is 0 Å². The van der Waals surface area contributed by atoms with Crippen LogP contribution in [-0.4, -0.2) is 66.7 Å². The molecule has 0 aliphatic carbocycles. The molecule has 1 saturated heterocycles. The Bertz CT molecular complexity index is 664. The fourth-order valence-corrected chi connectivity index (χ4v) is 2.94. The quantitative estimate of drug-likeness (QED) is 0.768. The number of ether oxygens (including phenoxy) is 2. The van der Waals surface area contributed by atoms with Crippen molar-refractivity contribution in [2.24, 2.45) is 0 Å². The molecule has 25 heavy (non-hydrogen) atoms. The topological polar surface area (TPSA) is 46.9 Å². The maximum atomic E-state index is 12.3. The van der Waals surface area contributed by atoms with Crippen LogP contribution >= 0.6 is 0 Å². The van der Waals surface area contributed by atoms with Crippen LogP contribution in [0, 0.1) is 0 Å². The largest absolute Gasteiger partial charge is 0.497 e. The summed E-state index contributed by atoms with van der Waals surface area (Å²) in [7, 11) is 1.65. The van der Waals surface area contributed by atoms with Crippen molar-refractivity contribution in [3.63, 3.8) is 0 Å². The molecule has 0 radical (unpaired) electrons. The average Bonchev–Trinajstić information content (AvgIpc) is 3.15. The molecule has 2 heterocycles. The third-order valence-corrected chi connectivity index (χ3v) is 4.43. The van der Waals surface area contributed by atoms with Crippen molar-refractivity contribution in [2.75, 3.05) is 46.4 Å². The van der Waals surface area contributed by atoms with Crippen molar-refractivity contribution >= 4 is 5.91 Å². The maximum absolute atomic E-state index is 12.3. The molecule has 6 nitrogen and oxygen atoms in total. The Morgan fingerprint density at radius 3 is 2.48 bits per heavy atom. The first kappa shape index (κ1) is 17.4. The summed E-state index contributed by atoms with van der Waals surface area (Å²) in [5, 5.41) is 0. The van der Waals surface area contributed by atoms with E-state index in [0.717, 1.165) is 44.2 Å². The van der Waals surface area contributed by atoms with E-state index in [-0.39, 0.29) is 5.91 Å². The first-order chi connectivity index (χ1) is 12.2. The highest BCUT2D eigenvalue weighted by molar-refractivity contribution is 5.76. The molecule has 1 aliphatic heterocycles. The monoisotopic (exact) mass is 343 g/mol. The van der Waals surface area contributed by atoms with E-state index >= 15 is 0 Å². The second-order valence-electron chi connectivity index (χ2n) is 6.11. The highest BCUT2D eigenvalue weighted by Gasteiger charge is 2.20. The van der Waals surface area contributed by atoms with Crippen LogP contribution in [0.4, 0.5) is 0 Å². The van der Waals surface area contributed by atoms with E-state index in [9.17, 15) is 4.79 Å². The van der Waals surface area contributed by atoms with E-state index in [4.69, 9.17) is 9.47 Å². The average molecular weight is 343 g/mol. The molecule has 6 heteroatoms. The third-order valence-electron chi connectivity index (χ3n) is 4.43. The predicted molar refractivity (Wildman–Crippen MR) is 95.9 cm³/mol. The van der Waals surface area contributed by atoms with Crippen molar-refractivity contribution in [3.8, 4) is 11.5 Å². The molecule has 0 spiro atoms. The fourth-order valence-electron chi connectivity index (χ4n) is 2.94. The zero-order valence-electron chi connectivity index (χ0n) is 14.6. The molecule has 1 amide bonds. The van der Waals surface area contributed by atoms with E-state index in [1.165, 1.54) is 0 Å². The van der Waals surface area contributed by atoms with Gasteiger partial charge in [0.1, 0.15) is 24.7 Å². The van der Waals surface area contributed by atoms with E-state index in [0.29, 0.717) is 13.2 Å². The standard InChI is InChI=1S/C19H25N3O3/c1-24-17-5-4-6-18(15-17)25-14-13-20-9-11-22(12-10-20)19(23)16-21-7-2-3-8-21/h2-8,15H,9-14,16H2,1H3. The van der Waals surface area contributed by atoms with E-state index in [1.807, 2.05) is 58.3 Å². The van der Waals surface area contributed by atoms with Gasteiger partial charge in [0, 0.05) is 51.2 Å². The van der Waals surface area contributed by atoms with Gasteiger partial charge >= 0.3 is 0 Å². The normalized spacial score (nSPS) is 15.2. The second-order valence-corrected chi connectivity index (χ2v) is 6.11. The van der Waals surface area contributed by atoms with Gasteiger partial charge in [0.2, 0.25) is 5.91 Å². The lowest BCUT2D eigenvalue weighted by Crippen LogP contribution is -2.50. The Morgan fingerprint density at radius 2 is 1.76 bits per heavy atom. The minimum Gasteiger partial charge on any atom is -0.497 e. The van der Waals surface area contributed by atoms with Gasteiger partial charge in [-0.3, -0.25) is 9.69 Å². The van der Waals surface area contributed by atoms with Gasteiger partial charge in [-0.05, 0) is 24.3 Å². The van der Waals surface area contributed by atoms with Crippen LogP contribution < -0.4 is 9.47 Å². The summed E-state index contributed by atoms with van der Waals surface area (Å²) in [5.41, 5.74) is 0. The molecule has 1 aromatic heterocycles. The molecule has 2 aromatic rings. The molecule has 0 N–H and O–H groups in total. The summed E-state index contributed by atoms with van der Waals surface area (Å²) < 4.78 is 12.9. The number of nitrogens with zero attached hydrogens (tertiary/aromatic N) is 3. The zero-order valence-corrected chi connectivity index (χ0v) is 14.6. The smallest absolute Gasteiger partial charge is 0.242 e. The Hall–Kier alpha value is -2.47. The number of rotatable bonds is 7. The van der Waals surface area contributed by atoms with Crippen molar-refractivity contribution in [3.05, 3.63) is 48.8 Å². The SMILES string of the molecule is COc1cccc(OCCN2CCN(C(=O)Cn3cccc3)CC2)c1. The lowest BCUT2D eigenvalue weighted by atomic mass is 10.3. The van der Waals surface area contributed by atoms with Crippen LogP contribution in [0.15, 0.2) is 48.8 Å². The van der Waals surface area contributed by atoms with E-state index < -0.39 is 0 Å².